The van der Waals surface area contributed by atoms with Crippen LogP contribution in [0.5, 0.6) is 0 Å². The fourth-order valence-electron chi connectivity index (χ4n) is 0.640. The Balaban J connectivity index is 2.81. The Kier molecular flexibility index (Phi) is 2.00. The Morgan fingerprint density at radius 3 is 2.58 bits per heavy atom. The largest absolute Gasteiger partial charge is 0.299 e. The van der Waals surface area contributed by atoms with Crippen LogP contribution in [0.15, 0.2) is 24.0 Å². The van der Waals surface area contributed by atoms with Crippen molar-refractivity contribution in [1.29, 1.82) is 0 Å². The maximum absolute atomic E-state index is 10.7. The molecule has 0 unspecified atom stereocenters. The van der Waals surface area contributed by atoms with Gasteiger partial charge in [-0.05, 0) is 12.2 Å². The molecule has 6 heteroatoms. The first-order valence-corrected chi connectivity index (χ1v) is 2.90. The maximum atomic E-state index is 10.7. The molecule has 0 bridgehead atoms. The third-order valence-electron chi connectivity index (χ3n) is 1.09. The molecule has 1 aliphatic carbocycles. The molecule has 6 nitrogen and oxygen atoms in total. The lowest BCUT2D eigenvalue weighted by Crippen LogP contribution is -2.13. The van der Waals surface area contributed by atoms with Gasteiger partial charge in [0.15, 0.2) is 11.5 Å². The van der Waals surface area contributed by atoms with Gasteiger partial charge in [-0.2, -0.15) is 0 Å². The average Bonchev–Trinajstić information content (AvgIpc) is 1.96. The molecule has 0 amide bonds. The van der Waals surface area contributed by atoms with Crippen LogP contribution in [0.4, 0.5) is 0 Å². The van der Waals surface area contributed by atoms with Gasteiger partial charge >= 0.3 is 0 Å². The molecule has 0 aliphatic heterocycles. The Labute approximate surface area is 66.2 Å². The topological polar surface area (TPSA) is 86.5 Å². The van der Waals surface area contributed by atoms with Gasteiger partial charge in [0.05, 0.1) is 0 Å². The average molecular weight is 169 g/mol. The molecule has 62 valence electrons. The molecule has 0 aromatic carbocycles. The van der Waals surface area contributed by atoms with Gasteiger partial charge in [-0.25, -0.2) is 0 Å². The van der Waals surface area contributed by atoms with Crippen molar-refractivity contribution in [1.82, 2.24) is 0 Å². The quantitative estimate of drug-likeness (QED) is 0.324. The number of ketones is 2. The van der Waals surface area contributed by atoms with Crippen LogP contribution < -0.4 is 0 Å². The van der Waals surface area contributed by atoms with E-state index in [0.29, 0.717) is 0 Å². The molecular formula is C6H3NO5. The van der Waals surface area contributed by atoms with Gasteiger partial charge in [0.1, 0.15) is 0 Å². The molecular weight excluding hydrogens is 166 g/mol. The molecule has 0 spiro atoms. The third-order valence-corrected chi connectivity index (χ3v) is 1.09. The molecule has 0 saturated heterocycles. The van der Waals surface area contributed by atoms with Gasteiger partial charge in [0.2, 0.25) is 5.78 Å². The summed E-state index contributed by atoms with van der Waals surface area (Å²) in [6, 6.07) is 0. The summed E-state index contributed by atoms with van der Waals surface area (Å²) < 4.78 is 0. The van der Waals surface area contributed by atoms with Crippen LogP contribution in [0.1, 0.15) is 0 Å². The zero-order valence-corrected chi connectivity index (χ0v) is 5.72. The third kappa shape index (κ3) is 1.75. The van der Waals surface area contributed by atoms with E-state index in [9.17, 15) is 19.7 Å². The molecule has 0 N–H and O–H groups in total. The summed E-state index contributed by atoms with van der Waals surface area (Å²) in [7, 11) is 0. The van der Waals surface area contributed by atoms with Crippen molar-refractivity contribution in [2.45, 2.75) is 0 Å². The Bertz CT molecular complexity index is 314. The van der Waals surface area contributed by atoms with Crippen LogP contribution >= 0.6 is 0 Å². The van der Waals surface area contributed by atoms with Gasteiger partial charge < -0.3 is 0 Å². The van der Waals surface area contributed by atoms with E-state index in [-0.39, 0.29) is 0 Å². The molecule has 0 aromatic heterocycles. The lowest BCUT2D eigenvalue weighted by atomic mass is 10.1. The number of carbonyl (C=O) groups excluding carboxylic acids is 2. The summed E-state index contributed by atoms with van der Waals surface area (Å²) in [5.41, 5.74) is 0. The molecule has 1 rings (SSSR count). The van der Waals surface area contributed by atoms with E-state index in [2.05, 4.69) is 4.84 Å². The SMILES string of the molecule is O=C1C=CC(=O)C(O[N+](=O)[O-])=C1. The first-order valence-electron chi connectivity index (χ1n) is 2.90. The molecule has 0 saturated carbocycles. The number of hydrogen-bond acceptors (Lipinski definition) is 5. The van der Waals surface area contributed by atoms with E-state index in [0.717, 1.165) is 18.2 Å². The predicted molar refractivity (Wildman–Crippen MR) is 35.3 cm³/mol. The summed E-state index contributed by atoms with van der Waals surface area (Å²) in [5.74, 6) is -1.76. The van der Waals surface area contributed by atoms with Crippen LogP contribution in [-0.4, -0.2) is 16.7 Å². The van der Waals surface area contributed by atoms with Crippen LogP contribution in [0.2, 0.25) is 0 Å². The van der Waals surface area contributed by atoms with E-state index >= 15 is 0 Å². The summed E-state index contributed by atoms with van der Waals surface area (Å²) in [6.07, 6.45) is 2.70. The second-order valence-electron chi connectivity index (χ2n) is 1.92. The van der Waals surface area contributed by atoms with Crippen molar-refractivity contribution in [3.8, 4) is 0 Å². The van der Waals surface area contributed by atoms with Crippen molar-refractivity contribution < 1.29 is 19.5 Å². The second kappa shape index (κ2) is 2.95. The van der Waals surface area contributed by atoms with Gasteiger partial charge in [-0.1, -0.05) is 0 Å². The van der Waals surface area contributed by atoms with Crippen LogP contribution in [0.3, 0.4) is 0 Å². The number of rotatable bonds is 2. The van der Waals surface area contributed by atoms with Crippen molar-refractivity contribution in [3.05, 3.63) is 34.1 Å². The van der Waals surface area contributed by atoms with Crippen molar-refractivity contribution in [2.75, 3.05) is 0 Å². The summed E-state index contributed by atoms with van der Waals surface area (Å²) >= 11 is 0. The minimum Gasteiger partial charge on any atom is -0.290 e. The Hall–Kier alpha value is -1.98. The highest BCUT2D eigenvalue weighted by molar-refractivity contribution is 6.16. The summed E-state index contributed by atoms with van der Waals surface area (Å²) in [4.78, 5) is 34.9. The molecule has 0 atom stereocenters. The van der Waals surface area contributed by atoms with Crippen molar-refractivity contribution >= 4 is 11.6 Å². The number of allylic oxidation sites excluding steroid dienone is 3. The van der Waals surface area contributed by atoms with Crippen LogP contribution in [0, 0.1) is 10.1 Å². The van der Waals surface area contributed by atoms with Gasteiger partial charge in [-0.3, -0.25) is 14.4 Å². The highest BCUT2D eigenvalue weighted by Gasteiger charge is 2.16. The first kappa shape index (κ1) is 8.12. The highest BCUT2D eigenvalue weighted by Crippen LogP contribution is 2.06. The van der Waals surface area contributed by atoms with E-state index < -0.39 is 22.4 Å². The van der Waals surface area contributed by atoms with E-state index in [1.165, 1.54) is 0 Å². The van der Waals surface area contributed by atoms with Crippen LogP contribution in [0.25, 0.3) is 0 Å². The number of carbonyl (C=O) groups is 2. The Morgan fingerprint density at radius 1 is 1.33 bits per heavy atom. The molecule has 0 radical (unpaired) electrons. The smallest absolute Gasteiger partial charge is 0.290 e. The van der Waals surface area contributed by atoms with E-state index in [4.69, 9.17) is 0 Å². The first-order chi connectivity index (χ1) is 5.59. The monoisotopic (exact) mass is 169 g/mol. The minimum absolute atomic E-state index is 0.508. The highest BCUT2D eigenvalue weighted by atomic mass is 17.0. The lowest BCUT2D eigenvalue weighted by molar-refractivity contribution is -0.741. The summed E-state index contributed by atoms with van der Waals surface area (Å²) in [6.45, 7) is 0. The zero-order chi connectivity index (χ0) is 9.14. The van der Waals surface area contributed by atoms with Gasteiger partial charge in [0.25, 0.3) is 5.09 Å². The Morgan fingerprint density at radius 2 is 2.00 bits per heavy atom. The van der Waals surface area contributed by atoms with Crippen LogP contribution in [-0.2, 0) is 14.4 Å². The van der Waals surface area contributed by atoms with Gasteiger partial charge in [0, 0.05) is 6.08 Å². The molecule has 0 heterocycles. The van der Waals surface area contributed by atoms with E-state index in [1.54, 1.807) is 0 Å². The van der Waals surface area contributed by atoms with Crippen molar-refractivity contribution in [2.24, 2.45) is 0 Å². The van der Waals surface area contributed by atoms with Gasteiger partial charge in [-0.15, -0.1) is 10.1 Å². The lowest BCUT2D eigenvalue weighted by Gasteiger charge is -2.02. The second-order valence-corrected chi connectivity index (χ2v) is 1.92. The molecule has 0 fully saturated rings. The zero-order valence-electron chi connectivity index (χ0n) is 5.72. The predicted octanol–water partition coefficient (Wildman–Crippen LogP) is -0.213. The number of hydrogen-bond donors (Lipinski definition) is 0. The molecule has 0 aromatic rings. The van der Waals surface area contributed by atoms with E-state index in [1.807, 2.05) is 0 Å². The molecule has 12 heavy (non-hydrogen) atoms. The maximum Gasteiger partial charge on any atom is 0.299 e. The fraction of sp³-hybridized carbons (Fsp3) is 0. The molecule has 1 aliphatic rings. The fourth-order valence-corrected chi connectivity index (χ4v) is 0.640. The standard InChI is InChI=1S/C6H3NO5/c8-4-1-2-5(9)6(3-4)12-7(10)11/h1-3H. The minimum atomic E-state index is -1.14. The number of nitrogens with zero attached hydrogens (tertiary/aromatic N) is 1. The normalized spacial score (nSPS) is 15.8. The van der Waals surface area contributed by atoms with Crippen molar-refractivity contribution in [3.63, 3.8) is 0 Å². The summed E-state index contributed by atoms with van der Waals surface area (Å²) in [5, 5.41) is 8.63.